The second-order valence-corrected chi connectivity index (χ2v) is 3.88. The van der Waals surface area contributed by atoms with Crippen LogP contribution in [0.4, 0.5) is 5.69 Å². The van der Waals surface area contributed by atoms with Crippen LogP contribution >= 0.6 is 11.6 Å². The van der Waals surface area contributed by atoms with Gasteiger partial charge in [-0.3, -0.25) is 0 Å². The summed E-state index contributed by atoms with van der Waals surface area (Å²) in [5, 5.41) is 0.404. The van der Waals surface area contributed by atoms with Gasteiger partial charge in [0.05, 0.1) is 11.9 Å². The van der Waals surface area contributed by atoms with Gasteiger partial charge in [0.1, 0.15) is 10.8 Å². The minimum Gasteiger partial charge on any atom is -0.438 e. The first-order valence-electron chi connectivity index (χ1n) is 4.81. The van der Waals surface area contributed by atoms with Crippen molar-refractivity contribution in [1.29, 1.82) is 0 Å². The Morgan fingerprint density at radius 2 is 2.12 bits per heavy atom. The van der Waals surface area contributed by atoms with Crippen LogP contribution in [0, 0.1) is 6.92 Å². The second-order valence-electron chi connectivity index (χ2n) is 3.47. The first kappa shape index (κ1) is 10.8. The fraction of sp³-hybridized carbons (Fsp3) is 0.0833. The molecule has 2 aromatic rings. The Labute approximate surface area is 98.8 Å². The van der Waals surface area contributed by atoms with Crippen molar-refractivity contribution < 1.29 is 4.74 Å². The lowest BCUT2D eigenvalue weighted by molar-refractivity contribution is 0.463. The van der Waals surface area contributed by atoms with E-state index in [-0.39, 0.29) is 0 Å². The summed E-state index contributed by atoms with van der Waals surface area (Å²) in [6.07, 6.45) is 1.51. The molecule has 0 bridgehead atoms. The van der Waals surface area contributed by atoms with E-state index in [1.54, 1.807) is 6.07 Å². The summed E-state index contributed by atoms with van der Waals surface area (Å²) >= 11 is 5.95. The van der Waals surface area contributed by atoms with Crippen LogP contribution < -0.4 is 10.5 Å². The third-order valence-corrected chi connectivity index (χ3v) is 2.30. The fourth-order valence-electron chi connectivity index (χ4n) is 1.31. The van der Waals surface area contributed by atoms with E-state index in [1.807, 2.05) is 31.2 Å². The van der Waals surface area contributed by atoms with E-state index < -0.39 is 0 Å². The molecule has 1 heterocycles. The predicted octanol–water partition coefficient (Wildman–Crippen LogP) is 3.42. The molecule has 0 spiro atoms. The molecule has 1 aromatic carbocycles. The normalized spacial score (nSPS) is 10.1. The number of aromatic nitrogens is 1. The van der Waals surface area contributed by atoms with Gasteiger partial charge in [0.2, 0.25) is 5.88 Å². The van der Waals surface area contributed by atoms with Gasteiger partial charge in [0.15, 0.2) is 0 Å². The molecule has 0 unspecified atom stereocenters. The second kappa shape index (κ2) is 4.41. The van der Waals surface area contributed by atoms with Crippen molar-refractivity contribution in [3.05, 3.63) is 47.1 Å². The van der Waals surface area contributed by atoms with Crippen LogP contribution in [0.15, 0.2) is 36.5 Å². The van der Waals surface area contributed by atoms with E-state index in [0.29, 0.717) is 22.3 Å². The molecule has 0 aliphatic rings. The number of halogens is 1. The van der Waals surface area contributed by atoms with Crippen molar-refractivity contribution in [2.75, 3.05) is 5.73 Å². The Morgan fingerprint density at radius 1 is 1.31 bits per heavy atom. The molecule has 0 radical (unpaired) electrons. The summed E-state index contributed by atoms with van der Waals surface area (Å²) < 4.78 is 5.55. The van der Waals surface area contributed by atoms with Gasteiger partial charge in [-0.15, -0.1) is 0 Å². The summed E-state index contributed by atoms with van der Waals surface area (Å²) in [6.45, 7) is 1.99. The van der Waals surface area contributed by atoms with Crippen LogP contribution in [-0.2, 0) is 0 Å². The third kappa shape index (κ3) is 2.44. The summed E-state index contributed by atoms with van der Waals surface area (Å²) in [6, 6.07) is 9.27. The highest BCUT2D eigenvalue weighted by Crippen LogP contribution is 2.28. The molecule has 0 atom stereocenters. The molecule has 4 heteroatoms. The van der Waals surface area contributed by atoms with Crippen molar-refractivity contribution >= 4 is 17.3 Å². The molecule has 1 aromatic heterocycles. The van der Waals surface area contributed by atoms with Gasteiger partial charge in [-0.05, 0) is 30.7 Å². The zero-order chi connectivity index (χ0) is 11.5. The van der Waals surface area contributed by atoms with Gasteiger partial charge < -0.3 is 10.5 Å². The maximum atomic E-state index is 5.95. The quantitative estimate of drug-likeness (QED) is 0.866. The van der Waals surface area contributed by atoms with Gasteiger partial charge in [-0.25, -0.2) is 4.98 Å². The Morgan fingerprint density at radius 3 is 2.81 bits per heavy atom. The predicted molar refractivity (Wildman–Crippen MR) is 64.9 cm³/mol. The number of rotatable bonds is 2. The number of ether oxygens (including phenoxy) is 1. The van der Waals surface area contributed by atoms with Crippen LogP contribution in [0.3, 0.4) is 0 Å². The number of nitrogens with zero attached hydrogens (tertiary/aromatic N) is 1. The van der Waals surface area contributed by atoms with Gasteiger partial charge in [0.25, 0.3) is 0 Å². The van der Waals surface area contributed by atoms with Crippen LogP contribution in [0.25, 0.3) is 0 Å². The summed E-state index contributed by atoms with van der Waals surface area (Å²) in [4.78, 5) is 4.02. The SMILES string of the molecule is Cc1cccc(Oc2ncc(N)cc2Cl)c1. The average molecular weight is 235 g/mol. The van der Waals surface area contributed by atoms with Gasteiger partial charge in [-0.1, -0.05) is 23.7 Å². The zero-order valence-corrected chi connectivity index (χ0v) is 9.53. The smallest absolute Gasteiger partial charge is 0.238 e. The average Bonchev–Trinajstić information content (AvgIpc) is 2.22. The van der Waals surface area contributed by atoms with Gasteiger partial charge >= 0.3 is 0 Å². The Bertz CT molecular complexity index is 514. The summed E-state index contributed by atoms with van der Waals surface area (Å²) in [5.74, 6) is 1.07. The van der Waals surface area contributed by atoms with Crippen LogP contribution in [0.2, 0.25) is 5.02 Å². The lowest BCUT2D eigenvalue weighted by Gasteiger charge is -2.07. The van der Waals surface area contributed by atoms with Crippen LogP contribution in [0.5, 0.6) is 11.6 Å². The largest absolute Gasteiger partial charge is 0.438 e. The number of anilines is 1. The van der Waals surface area contributed by atoms with E-state index >= 15 is 0 Å². The molecule has 0 fully saturated rings. The highest BCUT2D eigenvalue weighted by atomic mass is 35.5. The van der Waals surface area contributed by atoms with Gasteiger partial charge in [0, 0.05) is 0 Å². The van der Waals surface area contributed by atoms with Gasteiger partial charge in [-0.2, -0.15) is 0 Å². The van der Waals surface area contributed by atoms with Crippen molar-refractivity contribution in [1.82, 2.24) is 4.98 Å². The third-order valence-electron chi connectivity index (χ3n) is 2.03. The first-order valence-corrected chi connectivity index (χ1v) is 5.18. The molecule has 0 aliphatic heterocycles. The highest BCUT2D eigenvalue weighted by molar-refractivity contribution is 6.32. The maximum Gasteiger partial charge on any atom is 0.238 e. The number of benzene rings is 1. The lowest BCUT2D eigenvalue weighted by Crippen LogP contribution is -1.92. The van der Waals surface area contributed by atoms with Crippen molar-refractivity contribution in [3.8, 4) is 11.6 Å². The fourth-order valence-corrected chi connectivity index (χ4v) is 1.52. The molecular weight excluding hydrogens is 224 g/mol. The standard InChI is InChI=1S/C12H11ClN2O/c1-8-3-2-4-10(5-8)16-12-11(13)6-9(14)7-15-12/h2-7H,14H2,1H3. The molecule has 82 valence electrons. The Balaban J connectivity index is 2.27. The number of nitrogens with two attached hydrogens (primary N) is 1. The monoisotopic (exact) mass is 234 g/mol. The van der Waals surface area contributed by atoms with E-state index in [4.69, 9.17) is 22.1 Å². The Hall–Kier alpha value is -1.74. The summed E-state index contributed by atoms with van der Waals surface area (Å²) in [5.41, 5.74) is 7.17. The molecule has 0 aliphatic carbocycles. The van der Waals surface area contributed by atoms with E-state index in [2.05, 4.69) is 4.98 Å². The number of aryl methyl sites for hydroxylation is 1. The van der Waals surface area contributed by atoms with E-state index in [9.17, 15) is 0 Å². The molecule has 2 rings (SSSR count). The summed E-state index contributed by atoms with van der Waals surface area (Å²) in [7, 11) is 0. The van der Waals surface area contributed by atoms with Crippen molar-refractivity contribution in [2.45, 2.75) is 6.92 Å². The first-order chi connectivity index (χ1) is 7.65. The molecule has 0 saturated carbocycles. The number of hydrogen-bond donors (Lipinski definition) is 1. The number of pyridine rings is 1. The minimum atomic E-state index is 0.362. The molecule has 2 N–H and O–H groups in total. The Kier molecular flexibility index (Phi) is 2.97. The van der Waals surface area contributed by atoms with E-state index in [0.717, 1.165) is 5.56 Å². The lowest BCUT2D eigenvalue weighted by atomic mass is 10.2. The molecule has 16 heavy (non-hydrogen) atoms. The maximum absolute atomic E-state index is 5.95. The van der Waals surface area contributed by atoms with Crippen molar-refractivity contribution in [3.63, 3.8) is 0 Å². The zero-order valence-electron chi connectivity index (χ0n) is 8.77. The molecule has 3 nitrogen and oxygen atoms in total. The van der Waals surface area contributed by atoms with E-state index in [1.165, 1.54) is 6.20 Å². The highest BCUT2D eigenvalue weighted by Gasteiger charge is 2.05. The van der Waals surface area contributed by atoms with Crippen LogP contribution in [0.1, 0.15) is 5.56 Å². The topological polar surface area (TPSA) is 48.1 Å². The van der Waals surface area contributed by atoms with Crippen molar-refractivity contribution in [2.24, 2.45) is 0 Å². The van der Waals surface area contributed by atoms with Crippen LogP contribution in [-0.4, -0.2) is 4.98 Å². The molecule has 0 amide bonds. The molecular formula is C12H11ClN2O. The number of nitrogen functional groups attached to an aromatic ring is 1. The molecule has 0 saturated heterocycles. The minimum absolute atomic E-state index is 0.362. The number of hydrogen-bond acceptors (Lipinski definition) is 3.